The predicted octanol–water partition coefficient (Wildman–Crippen LogP) is 0.699. The average Bonchev–Trinajstić information content (AvgIpc) is 2.26. The Kier molecular flexibility index (Phi) is 4.10. The van der Waals surface area contributed by atoms with Crippen LogP contribution in [0, 0.1) is 17.2 Å². The molecule has 1 rings (SSSR count). The fourth-order valence-electron chi connectivity index (χ4n) is 1.99. The molecule has 2 atom stereocenters. The molecular weight excluding hydrogens is 190 g/mol. The molecule has 1 heterocycles. The van der Waals surface area contributed by atoms with Crippen molar-refractivity contribution in [3.63, 3.8) is 0 Å². The number of amides is 1. The maximum atomic E-state index is 11.8. The maximum Gasteiger partial charge on any atom is 0.239 e. The molecule has 0 spiro atoms. The molecule has 1 fully saturated rings. The Morgan fingerprint density at radius 3 is 2.73 bits per heavy atom. The molecule has 0 bridgehead atoms. The van der Waals surface area contributed by atoms with Crippen molar-refractivity contribution in [3.8, 4) is 6.07 Å². The number of piperazine rings is 1. The molecule has 84 valence electrons. The number of hydrogen-bond acceptors (Lipinski definition) is 3. The maximum absolute atomic E-state index is 11.8. The predicted molar refractivity (Wildman–Crippen MR) is 58.1 cm³/mol. The number of hydrogen-bond donors (Lipinski definition) is 0. The Balaban J connectivity index is 2.55. The Labute approximate surface area is 91.5 Å². The van der Waals surface area contributed by atoms with E-state index in [1.807, 2.05) is 11.0 Å². The van der Waals surface area contributed by atoms with E-state index in [0.717, 1.165) is 26.2 Å². The molecule has 0 radical (unpaired) electrons. The van der Waals surface area contributed by atoms with Crippen molar-refractivity contribution in [2.24, 2.45) is 5.92 Å². The van der Waals surface area contributed by atoms with Gasteiger partial charge in [0.05, 0.1) is 6.07 Å². The monoisotopic (exact) mass is 209 g/mol. The Bertz CT molecular complexity index is 271. The number of nitriles is 1. The smallest absolute Gasteiger partial charge is 0.239 e. The summed E-state index contributed by atoms with van der Waals surface area (Å²) in [5, 5.41) is 8.69. The third-order valence-corrected chi connectivity index (χ3v) is 3.05. The summed E-state index contributed by atoms with van der Waals surface area (Å²) in [5.41, 5.74) is 0. The molecule has 0 saturated carbocycles. The van der Waals surface area contributed by atoms with Crippen LogP contribution in [0.2, 0.25) is 0 Å². The van der Waals surface area contributed by atoms with Crippen LogP contribution in [0.5, 0.6) is 0 Å². The Morgan fingerprint density at radius 1 is 1.60 bits per heavy atom. The quantitative estimate of drug-likeness (QED) is 0.672. The van der Waals surface area contributed by atoms with Crippen molar-refractivity contribution < 1.29 is 4.79 Å². The molecule has 1 aliphatic rings. The van der Waals surface area contributed by atoms with Crippen molar-refractivity contribution in [1.29, 1.82) is 5.26 Å². The fraction of sp³-hybridized carbons (Fsp3) is 0.818. The summed E-state index contributed by atoms with van der Waals surface area (Å²) in [7, 11) is 0. The topological polar surface area (TPSA) is 47.3 Å². The zero-order chi connectivity index (χ0) is 11.4. The Hall–Kier alpha value is -1.08. The standard InChI is InChI=1S/C11H19N3O/c1-4-13-5-6-14(8-10(13)3)11(15)9(2)7-12/h9-10H,4-6,8H2,1-3H3. The molecule has 4 nitrogen and oxygen atoms in total. The van der Waals surface area contributed by atoms with Gasteiger partial charge in [-0.15, -0.1) is 0 Å². The van der Waals surface area contributed by atoms with E-state index in [1.54, 1.807) is 6.92 Å². The molecule has 0 aromatic heterocycles. The molecule has 4 heteroatoms. The number of carbonyl (C=O) groups is 1. The van der Waals surface area contributed by atoms with Crippen LogP contribution in [-0.2, 0) is 4.79 Å². The van der Waals surface area contributed by atoms with E-state index in [2.05, 4.69) is 18.7 Å². The van der Waals surface area contributed by atoms with Gasteiger partial charge in [0.2, 0.25) is 5.91 Å². The lowest BCUT2D eigenvalue weighted by Gasteiger charge is -2.39. The molecule has 1 amide bonds. The van der Waals surface area contributed by atoms with Crippen LogP contribution in [0.25, 0.3) is 0 Å². The van der Waals surface area contributed by atoms with E-state index in [1.165, 1.54) is 0 Å². The summed E-state index contributed by atoms with van der Waals surface area (Å²) in [6, 6.07) is 2.40. The minimum atomic E-state index is -0.509. The van der Waals surface area contributed by atoms with Gasteiger partial charge in [-0.05, 0) is 20.4 Å². The SMILES string of the molecule is CCN1CCN(C(=O)C(C)C#N)CC1C. The van der Waals surface area contributed by atoms with E-state index in [4.69, 9.17) is 5.26 Å². The summed E-state index contributed by atoms with van der Waals surface area (Å²) in [5.74, 6) is -0.537. The second-order valence-corrected chi connectivity index (χ2v) is 4.11. The summed E-state index contributed by atoms with van der Waals surface area (Å²) < 4.78 is 0. The lowest BCUT2D eigenvalue weighted by Crippen LogP contribution is -2.54. The molecule has 1 aliphatic heterocycles. The van der Waals surface area contributed by atoms with Crippen molar-refractivity contribution in [2.45, 2.75) is 26.8 Å². The first-order chi connectivity index (χ1) is 7.10. The summed E-state index contributed by atoms with van der Waals surface area (Å²) in [4.78, 5) is 15.9. The molecule has 0 aliphatic carbocycles. The lowest BCUT2D eigenvalue weighted by atomic mass is 10.1. The van der Waals surface area contributed by atoms with Crippen LogP contribution in [0.3, 0.4) is 0 Å². The fourth-order valence-corrected chi connectivity index (χ4v) is 1.99. The van der Waals surface area contributed by atoms with E-state index in [9.17, 15) is 4.79 Å². The summed E-state index contributed by atoms with van der Waals surface area (Å²) in [6.45, 7) is 9.37. The highest BCUT2D eigenvalue weighted by atomic mass is 16.2. The third-order valence-electron chi connectivity index (χ3n) is 3.05. The van der Waals surface area contributed by atoms with Gasteiger partial charge in [0, 0.05) is 25.7 Å². The second-order valence-electron chi connectivity index (χ2n) is 4.11. The highest BCUT2D eigenvalue weighted by Gasteiger charge is 2.27. The number of rotatable bonds is 2. The molecular formula is C11H19N3O. The van der Waals surface area contributed by atoms with Gasteiger partial charge in [-0.1, -0.05) is 6.92 Å². The minimum Gasteiger partial charge on any atom is -0.339 e. The molecule has 15 heavy (non-hydrogen) atoms. The summed E-state index contributed by atoms with van der Waals surface area (Å²) >= 11 is 0. The zero-order valence-electron chi connectivity index (χ0n) is 9.73. The largest absolute Gasteiger partial charge is 0.339 e. The van der Waals surface area contributed by atoms with Gasteiger partial charge in [-0.2, -0.15) is 5.26 Å². The normalized spacial score (nSPS) is 24.7. The van der Waals surface area contributed by atoms with Gasteiger partial charge in [-0.3, -0.25) is 9.69 Å². The van der Waals surface area contributed by atoms with Crippen LogP contribution in [0.4, 0.5) is 0 Å². The first-order valence-corrected chi connectivity index (χ1v) is 5.52. The van der Waals surface area contributed by atoms with Crippen LogP contribution < -0.4 is 0 Å². The van der Waals surface area contributed by atoms with Crippen molar-refractivity contribution in [2.75, 3.05) is 26.2 Å². The van der Waals surface area contributed by atoms with Crippen LogP contribution in [0.1, 0.15) is 20.8 Å². The van der Waals surface area contributed by atoms with Crippen LogP contribution in [0.15, 0.2) is 0 Å². The van der Waals surface area contributed by atoms with Gasteiger partial charge in [0.15, 0.2) is 0 Å². The number of carbonyl (C=O) groups excluding carboxylic acids is 1. The minimum absolute atomic E-state index is 0.0277. The third kappa shape index (κ3) is 2.69. The lowest BCUT2D eigenvalue weighted by molar-refractivity contribution is -0.136. The van der Waals surface area contributed by atoms with Crippen LogP contribution >= 0.6 is 0 Å². The van der Waals surface area contributed by atoms with Crippen molar-refractivity contribution in [1.82, 2.24) is 9.80 Å². The molecule has 0 N–H and O–H groups in total. The first-order valence-electron chi connectivity index (χ1n) is 5.52. The Morgan fingerprint density at radius 2 is 2.27 bits per heavy atom. The highest BCUT2D eigenvalue weighted by molar-refractivity contribution is 5.80. The van der Waals surface area contributed by atoms with Gasteiger partial charge in [0.25, 0.3) is 0 Å². The van der Waals surface area contributed by atoms with Crippen LogP contribution in [-0.4, -0.2) is 47.9 Å². The van der Waals surface area contributed by atoms with Crippen molar-refractivity contribution >= 4 is 5.91 Å². The van der Waals surface area contributed by atoms with E-state index in [0.29, 0.717) is 6.04 Å². The molecule has 2 unspecified atom stereocenters. The molecule has 0 aromatic rings. The highest BCUT2D eigenvalue weighted by Crippen LogP contribution is 2.11. The molecule has 1 saturated heterocycles. The van der Waals surface area contributed by atoms with Gasteiger partial charge in [-0.25, -0.2) is 0 Å². The molecule has 0 aromatic carbocycles. The van der Waals surface area contributed by atoms with E-state index in [-0.39, 0.29) is 5.91 Å². The second kappa shape index (κ2) is 5.13. The van der Waals surface area contributed by atoms with E-state index >= 15 is 0 Å². The van der Waals surface area contributed by atoms with Gasteiger partial charge in [0.1, 0.15) is 5.92 Å². The average molecular weight is 209 g/mol. The first kappa shape index (κ1) is 12.0. The number of likely N-dealkylation sites (N-methyl/N-ethyl adjacent to an activating group) is 1. The zero-order valence-corrected chi connectivity index (χ0v) is 9.73. The van der Waals surface area contributed by atoms with Gasteiger partial charge < -0.3 is 4.90 Å². The summed E-state index contributed by atoms with van der Waals surface area (Å²) in [6.07, 6.45) is 0. The van der Waals surface area contributed by atoms with E-state index < -0.39 is 5.92 Å². The number of nitrogens with zero attached hydrogens (tertiary/aromatic N) is 3. The van der Waals surface area contributed by atoms with Gasteiger partial charge >= 0.3 is 0 Å². The van der Waals surface area contributed by atoms with Crippen molar-refractivity contribution in [3.05, 3.63) is 0 Å².